The lowest BCUT2D eigenvalue weighted by Gasteiger charge is -1.99. The Bertz CT molecular complexity index is 510. The van der Waals surface area contributed by atoms with Gasteiger partial charge in [-0.2, -0.15) is 0 Å². The molecule has 1 heterocycles. The first-order valence-corrected chi connectivity index (χ1v) is 5.70. The number of nitrogens with zero attached hydrogens (tertiary/aromatic N) is 1. The highest BCUT2D eigenvalue weighted by molar-refractivity contribution is 7.13. The zero-order valence-corrected chi connectivity index (χ0v) is 9.73. The van der Waals surface area contributed by atoms with E-state index < -0.39 is 0 Å². The molecule has 0 fully saturated rings. The molecule has 0 saturated carbocycles. The SMILES string of the molecule is O=Cc1csc(-c2ccc(Cl)cc2Cl)n1. The molecule has 15 heavy (non-hydrogen) atoms. The largest absolute Gasteiger partial charge is 0.296 e. The van der Waals surface area contributed by atoms with Crippen LogP contribution in [0.5, 0.6) is 0 Å². The molecule has 0 N–H and O–H groups in total. The Labute approximate surface area is 100 Å². The van der Waals surface area contributed by atoms with Crippen molar-refractivity contribution in [1.82, 2.24) is 4.98 Å². The summed E-state index contributed by atoms with van der Waals surface area (Å²) < 4.78 is 0. The standard InChI is InChI=1S/C10H5Cl2NOS/c11-6-1-2-8(9(12)3-6)10-13-7(4-14)5-15-10/h1-5H. The van der Waals surface area contributed by atoms with Gasteiger partial charge in [-0.25, -0.2) is 4.98 Å². The third kappa shape index (κ3) is 2.20. The molecule has 0 saturated heterocycles. The molecular formula is C10H5Cl2NOS. The van der Waals surface area contributed by atoms with Crippen LogP contribution in [0.3, 0.4) is 0 Å². The highest BCUT2D eigenvalue weighted by Gasteiger charge is 2.08. The molecule has 2 aromatic rings. The van der Waals surface area contributed by atoms with Gasteiger partial charge in [0.2, 0.25) is 0 Å². The van der Waals surface area contributed by atoms with Gasteiger partial charge in [0, 0.05) is 16.0 Å². The number of thiazole rings is 1. The van der Waals surface area contributed by atoms with Gasteiger partial charge in [0.15, 0.2) is 6.29 Å². The fourth-order valence-electron chi connectivity index (χ4n) is 1.13. The van der Waals surface area contributed by atoms with E-state index in [4.69, 9.17) is 23.2 Å². The summed E-state index contributed by atoms with van der Waals surface area (Å²) in [6.07, 6.45) is 0.712. The average molecular weight is 258 g/mol. The summed E-state index contributed by atoms with van der Waals surface area (Å²) in [5.74, 6) is 0. The van der Waals surface area contributed by atoms with Gasteiger partial charge >= 0.3 is 0 Å². The predicted molar refractivity (Wildman–Crippen MR) is 63.0 cm³/mol. The van der Waals surface area contributed by atoms with Crippen LogP contribution in [0.25, 0.3) is 10.6 Å². The van der Waals surface area contributed by atoms with E-state index in [1.165, 1.54) is 11.3 Å². The fraction of sp³-hybridized carbons (Fsp3) is 0. The summed E-state index contributed by atoms with van der Waals surface area (Å²) in [6, 6.07) is 5.18. The number of halogens is 2. The minimum Gasteiger partial charge on any atom is -0.296 e. The molecule has 0 spiro atoms. The average Bonchev–Trinajstić information content (AvgIpc) is 2.66. The quantitative estimate of drug-likeness (QED) is 0.764. The lowest BCUT2D eigenvalue weighted by atomic mass is 10.2. The van der Waals surface area contributed by atoms with Crippen molar-refractivity contribution in [2.75, 3.05) is 0 Å². The number of benzene rings is 1. The summed E-state index contributed by atoms with van der Waals surface area (Å²) >= 11 is 13.2. The molecule has 0 aliphatic rings. The number of aldehydes is 1. The van der Waals surface area contributed by atoms with E-state index in [0.717, 1.165) is 10.6 Å². The molecule has 1 aromatic heterocycles. The molecule has 0 bridgehead atoms. The summed E-state index contributed by atoms with van der Waals surface area (Å²) in [6.45, 7) is 0. The van der Waals surface area contributed by atoms with Gasteiger partial charge in [-0.15, -0.1) is 11.3 Å². The van der Waals surface area contributed by atoms with Crippen LogP contribution in [0, 0.1) is 0 Å². The zero-order chi connectivity index (χ0) is 10.8. The summed E-state index contributed by atoms with van der Waals surface area (Å²) in [7, 11) is 0. The third-order valence-corrected chi connectivity index (χ3v) is 3.25. The first kappa shape index (κ1) is 10.6. The minimum absolute atomic E-state index is 0.418. The lowest BCUT2D eigenvalue weighted by molar-refractivity contribution is 0.111. The molecule has 0 radical (unpaired) electrons. The summed E-state index contributed by atoms with van der Waals surface area (Å²) in [5, 5.41) is 3.52. The zero-order valence-electron chi connectivity index (χ0n) is 7.41. The minimum atomic E-state index is 0.418. The van der Waals surface area contributed by atoms with Crippen molar-refractivity contribution >= 4 is 40.8 Å². The van der Waals surface area contributed by atoms with Gasteiger partial charge in [-0.05, 0) is 18.2 Å². The van der Waals surface area contributed by atoms with Gasteiger partial charge in [0.1, 0.15) is 10.7 Å². The lowest BCUT2D eigenvalue weighted by Crippen LogP contribution is -1.81. The van der Waals surface area contributed by atoms with E-state index in [1.54, 1.807) is 23.6 Å². The van der Waals surface area contributed by atoms with Crippen molar-refractivity contribution in [3.8, 4) is 10.6 Å². The predicted octanol–water partition coefficient (Wildman–Crippen LogP) is 3.93. The molecule has 0 aliphatic heterocycles. The molecule has 0 amide bonds. The number of rotatable bonds is 2. The fourth-order valence-corrected chi connectivity index (χ4v) is 2.48. The maximum Gasteiger partial charge on any atom is 0.169 e. The maximum absolute atomic E-state index is 10.5. The van der Waals surface area contributed by atoms with Gasteiger partial charge in [-0.3, -0.25) is 4.79 Å². The maximum atomic E-state index is 10.5. The van der Waals surface area contributed by atoms with Gasteiger partial charge < -0.3 is 0 Å². The van der Waals surface area contributed by atoms with Crippen LogP contribution in [-0.2, 0) is 0 Å². The van der Waals surface area contributed by atoms with E-state index in [0.29, 0.717) is 22.0 Å². The topological polar surface area (TPSA) is 30.0 Å². The Morgan fingerprint density at radius 2 is 2.13 bits per heavy atom. The van der Waals surface area contributed by atoms with Crippen molar-refractivity contribution in [2.45, 2.75) is 0 Å². The van der Waals surface area contributed by atoms with Crippen LogP contribution < -0.4 is 0 Å². The van der Waals surface area contributed by atoms with Crippen LogP contribution in [0.4, 0.5) is 0 Å². The van der Waals surface area contributed by atoms with E-state index in [1.807, 2.05) is 0 Å². The Kier molecular flexibility index (Phi) is 3.05. The number of carbonyl (C=O) groups is 1. The first-order chi connectivity index (χ1) is 7.20. The monoisotopic (exact) mass is 257 g/mol. The van der Waals surface area contributed by atoms with E-state index >= 15 is 0 Å². The number of hydrogen-bond donors (Lipinski definition) is 0. The second-order valence-electron chi connectivity index (χ2n) is 2.82. The Balaban J connectivity index is 2.49. The molecule has 1 aromatic carbocycles. The van der Waals surface area contributed by atoms with Crippen molar-refractivity contribution in [3.05, 3.63) is 39.3 Å². The van der Waals surface area contributed by atoms with Crippen LogP contribution in [-0.4, -0.2) is 11.3 Å². The van der Waals surface area contributed by atoms with Crippen LogP contribution in [0.1, 0.15) is 10.5 Å². The van der Waals surface area contributed by atoms with Crippen molar-refractivity contribution in [2.24, 2.45) is 0 Å². The van der Waals surface area contributed by atoms with E-state index in [-0.39, 0.29) is 0 Å². The Morgan fingerprint density at radius 3 is 2.73 bits per heavy atom. The number of hydrogen-bond acceptors (Lipinski definition) is 3. The molecule has 2 rings (SSSR count). The van der Waals surface area contributed by atoms with Crippen LogP contribution in [0.15, 0.2) is 23.6 Å². The van der Waals surface area contributed by atoms with E-state index in [2.05, 4.69) is 4.98 Å². The van der Waals surface area contributed by atoms with Crippen LogP contribution >= 0.6 is 34.5 Å². The molecule has 0 unspecified atom stereocenters. The summed E-state index contributed by atoms with van der Waals surface area (Å²) in [5.41, 5.74) is 1.21. The molecule has 0 atom stereocenters. The van der Waals surface area contributed by atoms with Gasteiger partial charge in [0.25, 0.3) is 0 Å². The second-order valence-corrected chi connectivity index (χ2v) is 4.52. The molecule has 5 heteroatoms. The highest BCUT2D eigenvalue weighted by atomic mass is 35.5. The van der Waals surface area contributed by atoms with Gasteiger partial charge in [0.05, 0.1) is 5.02 Å². The van der Waals surface area contributed by atoms with Crippen molar-refractivity contribution in [3.63, 3.8) is 0 Å². The van der Waals surface area contributed by atoms with Crippen LogP contribution in [0.2, 0.25) is 10.0 Å². The Hall–Kier alpha value is -0.900. The molecule has 2 nitrogen and oxygen atoms in total. The van der Waals surface area contributed by atoms with Crippen molar-refractivity contribution in [1.29, 1.82) is 0 Å². The molecule has 76 valence electrons. The number of aromatic nitrogens is 1. The normalized spacial score (nSPS) is 10.3. The molecular weight excluding hydrogens is 253 g/mol. The molecule has 0 aliphatic carbocycles. The van der Waals surface area contributed by atoms with Gasteiger partial charge in [-0.1, -0.05) is 23.2 Å². The smallest absolute Gasteiger partial charge is 0.169 e. The van der Waals surface area contributed by atoms with Crippen molar-refractivity contribution < 1.29 is 4.79 Å². The highest BCUT2D eigenvalue weighted by Crippen LogP contribution is 2.31. The summed E-state index contributed by atoms with van der Waals surface area (Å²) in [4.78, 5) is 14.6. The Morgan fingerprint density at radius 1 is 1.33 bits per heavy atom. The third-order valence-electron chi connectivity index (χ3n) is 1.80. The first-order valence-electron chi connectivity index (χ1n) is 4.07. The second kappa shape index (κ2) is 4.31. The number of carbonyl (C=O) groups excluding carboxylic acids is 1. The van der Waals surface area contributed by atoms with E-state index in [9.17, 15) is 4.79 Å².